The first kappa shape index (κ1) is 14.5. The zero-order valence-corrected chi connectivity index (χ0v) is 11.7. The summed E-state index contributed by atoms with van der Waals surface area (Å²) in [7, 11) is 0. The largest absolute Gasteiger partial charge is 0.378 e. The van der Waals surface area contributed by atoms with E-state index in [-0.39, 0.29) is 6.04 Å². The Morgan fingerprint density at radius 1 is 1.25 bits per heavy atom. The maximum absolute atomic E-state index is 12.0. The van der Waals surface area contributed by atoms with Crippen molar-refractivity contribution in [2.45, 2.75) is 19.1 Å². The molecule has 0 aliphatic rings. The Morgan fingerprint density at radius 2 is 1.95 bits per heavy atom. The van der Waals surface area contributed by atoms with Crippen molar-refractivity contribution in [2.24, 2.45) is 0 Å². The van der Waals surface area contributed by atoms with Crippen LogP contribution >= 0.6 is 11.6 Å². The summed E-state index contributed by atoms with van der Waals surface area (Å²) in [6.07, 6.45) is 1.83. The first-order valence-electron chi connectivity index (χ1n) is 6.22. The van der Waals surface area contributed by atoms with Gasteiger partial charge < -0.3 is 10.4 Å². The molecule has 1 aromatic heterocycles. The van der Waals surface area contributed by atoms with E-state index in [0.717, 1.165) is 5.56 Å². The lowest BCUT2D eigenvalue weighted by Crippen LogP contribution is -2.31. The van der Waals surface area contributed by atoms with Gasteiger partial charge in [0.2, 0.25) is 0 Å². The summed E-state index contributed by atoms with van der Waals surface area (Å²) >= 11 is 5.82. The van der Waals surface area contributed by atoms with Crippen LogP contribution in [0.5, 0.6) is 0 Å². The van der Waals surface area contributed by atoms with Crippen LogP contribution in [-0.2, 0) is 4.79 Å². The number of carbonyl (C=O) groups is 1. The van der Waals surface area contributed by atoms with Crippen LogP contribution < -0.4 is 5.32 Å². The molecule has 0 bridgehead atoms. The van der Waals surface area contributed by atoms with Gasteiger partial charge in [-0.25, -0.2) is 0 Å². The molecule has 5 heteroatoms. The number of hydrogen-bond acceptors (Lipinski definition) is 3. The van der Waals surface area contributed by atoms with Gasteiger partial charge in [0.25, 0.3) is 5.91 Å². The van der Waals surface area contributed by atoms with Gasteiger partial charge in [0.1, 0.15) is 0 Å². The van der Waals surface area contributed by atoms with E-state index in [0.29, 0.717) is 10.6 Å². The topological polar surface area (TPSA) is 62.2 Å². The SMILES string of the molecule is C[C@H](NC(=O)[C@@H](O)c1cccnc1)c1ccc(Cl)cc1. The predicted molar refractivity (Wildman–Crippen MR) is 77.2 cm³/mol. The molecule has 2 aromatic rings. The number of pyridine rings is 1. The average Bonchev–Trinajstić information content (AvgIpc) is 2.48. The summed E-state index contributed by atoms with van der Waals surface area (Å²) < 4.78 is 0. The zero-order chi connectivity index (χ0) is 14.5. The minimum absolute atomic E-state index is 0.217. The Labute approximate surface area is 122 Å². The number of aromatic nitrogens is 1. The second-order valence-corrected chi connectivity index (χ2v) is 4.91. The quantitative estimate of drug-likeness (QED) is 0.910. The predicted octanol–water partition coefficient (Wildman–Crippen LogP) is 2.65. The molecule has 0 aliphatic carbocycles. The van der Waals surface area contributed by atoms with Crippen LogP contribution in [0.1, 0.15) is 30.2 Å². The van der Waals surface area contributed by atoms with Gasteiger partial charge in [-0.1, -0.05) is 29.8 Å². The van der Waals surface area contributed by atoms with E-state index in [1.807, 2.05) is 19.1 Å². The van der Waals surface area contributed by atoms with Crippen molar-refractivity contribution in [3.05, 3.63) is 64.9 Å². The Hall–Kier alpha value is -1.91. The highest BCUT2D eigenvalue weighted by Gasteiger charge is 2.19. The number of hydrogen-bond donors (Lipinski definition) is 2. The van der Waals surface area contributed by atoms with Crippen molar-refractivity contribution < 1.29 is 9.90 Å². The molecule has 0 aliphatic heterocycles. The Morgan fingerprint density at radius 3 is 2.55 bits per heavy atom. The average molecular weight is 291 g/mol. The Balaban J connectivity index is 2.02. The summed E-state index contributed by atoms with van der Waals surface area (Å²) in [6, 6.07) is 10.3. The standard InChI is InChI=1S/C15H15ClN2O2/c1-10(11-4-6-13(16)7-5-11)18-15(20)14(19)12-3-2-8-17-9-12/h2-10,14,19H,1H3,(H,18,20)/t10-,14-/m0/s1. The molecule has 2 N–H and O–H groups in total. The maximum Gasteiger partial charge on any atom is 0.254 e. The molecule has 2 atom stereocenters. The fourth-order valence-electron chi connectivity index (χ4n) is 1.82. The van der Waals surface area contributed by atoms with Crippen LogP contribution in [0.4, 0.5) is 0 Å². The molecule has 4 nitrogen and oxygen atoms in total. The van der Waals surface area contributed by atoms with Gasteiger partial charge in [0.15, 0.2) is 6.10 Å². The lowest BCUT2D eigenvalue weighted by atomic mass is 10.1. The molecular formula is C15H15ClN2O2. The molecule has 1 aromatic carbocycles. The van der Waals surface area contributed by atoms with Crippen molar-refractivity contribution in [3.63, 3.8) is 0 Å². The summed E-state index contributed by atoms with van der Waals surface area (Å²) in [5.74, 6) is -0.458. The number of rotatable bonds is 4. The van der Waals surface area contributed by atoms with E-state index in [9.17, 15) is 9.90 Å². The molecule has 0 saturated heterocycles. The summed E-state index contributed by atoms with van der Waals surface area (Å²) in [5.41, 5.74) is 1.38. The van der Waals surface area contributed by atoms with E-state index < -0.39 is 12.0 Å². The number of benzene rings is 1. The first-order valence-corrected chi connectivity index (χ1v) is 6.59. The van der Waals surface area contributed by atoms with E-state index in [1.54, 1.807) is 30.5 Å². The van der Waals surface area contributed by atoms with Gasteiger partial charge in [-0.2, -0.15) is 0 Å². The van der Waals surface area contributed by atoms with E-state index in [1.165, 1.54) is 6.20 Å². The summed E-state index contributed by atoms with van der Waals surface area (Å²) in [5, 5.41) is 13.4. The molecule has 2 rings (SSSR count). The number of halogens is 1. The number of aliphatic hydroxyl groups is 1. The van der Waals surface area contributed by atoms with Crippen LogP contribution in [0.3, 0.4) is 0 Å². The summed E-state index contributed by atoms with van der Waals surface area (Å²) in [4.78, 5) is 15.9. The molecule has 0 unspecified atom stereocenters. The van der Waals surface area contributed by atoms with E-state index in [4.69, 9.17) is 11.6 Å². The number of nitrogens with one attached hydrogen (secondary N) is 1. The molecule has 0 saturated carbocycles. The van der Waals surface area contributed by atoms with Crippen LogP contribution in [0.15, 0.2) is 48.8 Å². The molecule has 20 heavy (non-hydrogen) atoms. The number of amides is 1. The Kier molecular flexibility index (Phi) is 4.71. The van der Waals surface area contributed by atoms with Crippen molar-refractivity contribution in [1.29, 1.82) is 0 Å². The molecule has 1 amide bonds. The summed E-state index contributed by atoms with van der Waals surface area (Å²) in [6.45, 7) is 1.84. The third kappa shape index (κ3) is 3.56. The van der Waals surface area contributed by atoms with Crippen LogP contribution in [0.2, 0.25) is 5.02 Å². The monoisotopic (exact) mass is 290 g/mol. The molecule has 1 heterocycles. The lowest BCUT2D eigenvalue weighted by Gasteiger charge is -2.17. The highest BCUT2D eigenvalue weighted by atomic mass is 35.5. The number of nitrogens with zero attached hydrogens (tertiary/aromatic N) is 1. The van der Waals surface area contributed by atoms with E-state index >= 15 is 0 Å². The van der Waals surface area contributed by atoms with Crippen molar-refractivity contribution in [2.75, 3.05) is 0 Å². The molecule has 0 spiro atoms. The third-order valence-electron chi connectivity index (χ3n) is 2.98. The molecule has 0 fully saturated rings. The van der Waals surface area contributed by atoms with Crippen LogP contribution in [0.25, 0.3) is 0 Å². The normalized spacial score (nSPS) is 13.6. The van der Waals surface area contributed by atoms with Gasteiger partial charge in [-0.3, -0.25) is 9.78 Å². The number of aliphatic hydroxyl groups excluding tert-OH is 1. The Bertz CT molecular complexity index is 572. The molecular weight excluding hydrogens is 276 g/mol. The van der Waals surface area contributed by atoms with Gasteiger partial charge >= 0.3 is 0 Å². The van der Waals surface area contributed by atoms with Gasteiger partial charge in [-0.05, 0) is 30.7 Å². The van der Waals surface area contributed by atoms with Crippen LogP contribution in [0, 0.1) is 0 Å². The highest BCUT2D eigenvalue weighted by molar-refractivity contribution is 6.30. The number of carbonyl (C=O) groups excluding carboxylic acids is 1. The second kappa shape index (κ2) is 6.50. The minimum atomic E-state index is -1.22. The first-order chi connectivity index (χ1) is 9.58. The zero-order valence-electron chi connectivity index (χ0n) is 11.0. The van der Waals surface area contributed by atoms with Gasteiger partial charge in [0, 0.05) is 23.0 Å². The highest BCUT2D eigenvalue weighted by Crippen LogP contribution is 2.18. The lowest BCUT2D eigenvalue weighted by molar-refractivity contribution is -0.130. The smallest absolute Gasteiger partial charge is 0.254 e. The van der Waals surface area contributed by atoms with Gasteiger partial charge in [-0.15, -0.1) is 0 Å². The molecule has 104 valence electrons. The fraction of sp³-hybridized carbons (Fsp3) is 0.200. The minimum Gasteiger partial charge on any atom is -0.378 e. The maximum atomic E-state index is 12.0. The van der Waals surface area contributed by atoms with Crippen molar-refractivity contribution in [3.8, 4) is 0 Å². The molecule has 0 radical (unpaired) electrons. The van der Waals surface area contributed by atoms with Crippen molar-refractivity contribution >= 4 is 17.5 Å². The van der Waals surface area contributed by atoms with Crippen molar-refractivity contribution in [1.82, 2.24) is 10.3 Å². The third-order valence-corrected chi connectivity index (χ3v) is 3.23. The fourth-order valence-corrected chi connectivity index (χ4v) is 1.94. The second-order valence-electron chi connectivity index (χ2n) is 4.47. The van der Waals surface area contributed by atoms with Crippen LogP contribution in [-0.4, -0.2) is 16.0 Å². The van der Waals surface area contributed by atoms with Gasteiger partial charge in [0.05, 0.1) is 6.04 Å². The van der Waals surface area contributed by atoms with E-state index in [2.05, 4.69) is 10.3 Å².